The number of pyridine rings is 1. The minimum absolute atomic E-state index is 0.0790. The summed E-state index contributed by atoms with van der Waals surface area (Å²) in [4.78, 5) is 19.7. The van der Waals surface area contributed by atoms with Crippen molar-refractivity contribution in [3.05, 3.63) is 76.6 Å². The van der Waals surface area contributed by atoms with E-state index in [1.54, 1.807) is 6.21 Å². The minimum atomic E-state index is -0.0790. The first-order valence-electron chi connectivity index (χ1n) is 8.26. The molecule has 0 aliphatic carbocycles. The molecule has 126 valence electrons. The van der Waals surface area contributed by atoms with Crippen LogP contribution in [0.3, 0.4) is 0 Å². The van der Waals surface area contributed by atoms with Gasteiger partial charge >= 0.3 is 0 Å². The predicted molar refractivity (Wildman–Crippen MR) is 102 cm³/mol. The van der Waals surface area contributed by atoms with Crippen LogP contribution in [0.25, 0.3) is 21.7 Å². The van der Waals surface area contributed by atoms with Crippen molar-refractivity contribution in [2.24, 2.45) is 4.99 Å². The van der Waals surface area contributed by atoms with E-state index in [-0.39, 0.29) is 12.4 Å². The summed E-state index contributed by atoms with van der Waals surface area (Å²) in [5.41, 5.74) is 2.47. The molecule has 1 N–H and O–H groups in total. The zero-order valence-corrected chi connectivity index (χ0v) is 13.7. The Morgan fingerprint density at radius 3 is 2.65 bits per heavy atom. The summed E-state index contributed by atoms with van der Waals surface area (Å²) in [6.45, 7) is 0.256. The highest BCUT2D eigenvalue weighted by atomic mass is 16.7. The zero-order valence-electron chi connectivity index (χ0n) is 13.7. The molecule has 0 bridgehead atoms. The van der Waals surface area contributed by atoms with Crippen molar-refractivity contribution < 1.29 is 9.47 Å². The van der Waals surface area contributed by atoms with Crippen molar-refractivity contribution in [1.29, 1.82) is 0 Å². The summed E-state index contributed by atoms with van der Waals surface area (Å²) < 4.78 is 10.7. The molecule has 0 atom stereocenters. The molecule has 1 aromatic heterocycles. The van der Waals surface area contributed by atoms with Crippen LogP contribution in [-0.2, 0) is 0 Å². The maximum atomic E-state index is 12.2. The van der Waals surface area contributed by atoms with Crippen LogP contribution >= 0.6 is 0 Å². The van der Waals surface area contributed by atoms with Crippen LogP contribution < -0.4 is 15.0 Å². The lowest BCUT2D eigenvalue weighted by Crippen LogP contribution is -2.05. The van der Waals surface area contributed by atoms with E-state index < -0.39 is 0 Å². The molecular weight excluding hydrogens is 328 g/mol. The standard InChI is InChI=1S/C21H14N2O3/c24-21-16-4-2-1-3-15(16)17-10-14(6-7-18(17)23-21)22-11-13-5-8-19-20(9-13)26-12-25-19/h1-11H,12H2,(H,23,24). The number of benzene rings is 3. The summed E-state index contributed by atoms with van der Waals surface area (Å²) >= 11 is 0. The monoisotopic (exact) mass is 342 g/mol. The number of nitrogens with zero attached hydrogens (tertiary/aromatic N) is 1. The number of ether oxygens (including phenoxy) is 2. The maximum absolute atomic E-state index is 12.2. The van der Waals surface area contributed by atoms with Gasteiger partial charge in [-0.15, -0.1) is 0 Å². The number of nitrogens with one attached hydrogen (secondary N) is 1. The van der Waals surface area contributed by atoms with Crippen LogP contribution in [-0.4, -0.2) is 18.0 Å². The number of aliphatic imine (C=N–C) groups is 1. The summed E-state index contributed by atoms with van der Waals surface area (Å²) in [5.74, 6) is 1.49. The van der Waals surface area contributed by atoms with Crippen LogP contribution in [0.5, 0.6) is 11.5 Å². The van der Waals surface area contributed by atoms with E-state index in [4.69, 9.17) is 9.47 Å². The van der Waals surface area contributed by atoms with Crippen LogP contribution in [0.4, 0.5) is 5.69 Å². The highest BCUT2D eigenvalue weighted by Crippen LogP contribution is 2.32. The van der Waals surface area contributed by atoms with E-state index >= 15 is 0 Å². The van der Waals surface area contributed by atoms with Gasteiger partial charge in [0, 0.05) is 22.5 Å². The zero-order chi connectivity index (χ0) is 17.5. The molecule has 5 nitrogen and oxygen atoms in total. The van der Waals surface area contributed by atoms with Gasteiger partial charge in [0.2, 0.25) is 6.79 Å². The topological polar surface area (TPSA) is 63.7 Å². The second kappa shape index (κ2) is 5.74. The Balaban J connectivity index is 1.58. The lowest BCUT2D eigenvalue weighted by molar-refractivity contribution is 0.174. The molecule has 0 fully saturated rings. The van der Waals surface area contributed by atoms with Gasteiger partial charge in [0.25, 0.3) is 5.56 Å². The van der Waals surface area contributed by atoms with E-state index in [2.05, 4.69) is 9.98 Å². The highest BCUT2D eigenvalue weighted by molar-refractivity contribution is 6.06. The van der Waals surface area contributed by atoms with Crippen LogP contribution in [0, 0.1) is 0 Å². The average molecular weight is 342 g/mol. The van der Waals surface area contributed by atoms with Gasteiger partial charge < -0.3 is 14.5 Å². The summed E-state index contributed by atoms with van der Waals surface area (Å²) in [7, 11) is 0. The lowest BCUT2D eigenvalue weighted by Gasteiger charge is -2.04. The van der Waals surface area contributed by atoms with Gasteiger partial charge in [-0.2, -0.15) is 0 Å². The molecule has 5 heteroatoms. The first-order chi connectivity index (χ1) is 12.8. The van der Waals surface area contributed by atoms with Crippen LogP contribution in [0.2, 0.25) is 0 Å². The van der Waals surface area contributed by atoms with Gasteiger partial charge in [0.1, 0.15) is 0 Å². The molecule has 26 heavy (non-hydrogen) atoms. The minimum Gasteiger partial charge on any atom is -0.454 e. The third-order valence-electron chi connectivity index (χ3n) is 4.47. The second-order valence-electron chi connectivity index (χ2n) is 6.10. The first kappa shape index (κ1) is 14.7. The van der Waals surface area contributed by atoms with Gasteiger partial charge in [-0.25, -0.2) is 0 Å². The summed E-state index contributed by atoms with van der Waals surface area (Å²) in [5, 5.41) is 2.57. The van der Waals surface area contributed by atoms with Gasteiger partial charge in [-0.05, 0) is 53.4 Å². The Morgan fingerprint density at radius 1 is 0.885 bits per heavy atom. The van der Waals surface area contributed by atoms with E-state index in [0.717, 1.165) is 39.0 Å². The molecule has 4 aromatic rings. The number of aromatic nitrogens is 1. The fourth-order valence-corrected chi connectivity index (χ4v) is 3.19. The van der Waals surface area contributed by atoms with Gasteiger partial charge in [-0.1, -0.05) is 18.2 Å². The molecule has 2 heterocycles. The Bertz CT molecular complexity index is 1240. The summed E-state index contributed by atoms with van der Waals surface area (Å²) in [6.07, 6.45) is 1.79. The third-order valence-corrected chi connectivity index (χ3v) is 4.47. The molecule has 5 rings (SSSR count). The number of fused-ring (bicyclic) bond motifs is 4. The quantitative estimate of drug-likeness (QED) is 0.439. The van der Waals surface area contributed by atoms with Crippen molar-refractivity contribution in [3.8, 4) is 11.5 Å². The fraction of sp³-hybridized carbons (Fsp3) is 0.0476. The number of hydrogen-bond acceptors (Lipinski definition) is 4. The van der Waals surface area contributed by atoms with Crippen LogP contribution in [0.15, 0.2) is 70.5 Å². The molecule has 1 aliphatic rings. The van der Waals surface area contributed by atoms with Crippen molar-refractivity contribution in [2.45, 2.75) is 0 Å². The van der Waals surface area contributed by atoms with Crippen molar-refractivity contribution >= 4 is 33.6 Å². The van der Waals surface area contributed by atoms with Crippen molar-refractivity contribution in [3.63, 3.8) is 0 Å². The third kappa shape index (κ3) is 2.41. The van der Waals surface area contributed by atoms with Gasteiger partial charge in [-0.3, -0.25) is 9.79 Å². The van der Waals surface area contributed by atoms with E-state index in [1.807, 2.05) is 60.7 Å². The van der Waals surface area contributed by atoms with Crippen molar-refractivity contribution in [2.75, 3.05) is 6.79 Å². The molecule has 0 saturated heterocycles. The summed E-state index contributed by atoms with van der Waals surface area (Å²) in [6, 6.07) is 19.1. The normalized spacial score (nSPS) is 13.1. The number of H-pyrrole nitrogens is 1. The number of rotatable bonds is 2. The van der Waals surface area contributed by atoms with Gasteiger partial charge in [0.05, 0.1) is 5.69 Å². The molecule has 0 unspecified atom stereocenters. The largest absolute Gasteiger partial charge is 0.454 e. The Morgan fingerprint density at radius 2 is 1.73 bits per heavy atom. The van der Waals surface area contributed by atoms with E-state index in [1.165, 1.54) is 0 Å². The molecule has 1 aliphatic heterocycles. The molecule has 0 saturated carbocycles. The lowest BCUT2D eigenvalue weighted by atomic mass is 10.1. The van der Waals surface area contributed by atoms with Crippen LogP contribution in [0.1, 0.15) is 5.56 Å². The fourth-order valence-electron chi connectivity index (χ4n) is 3.19. The smallest absolute Gasteiger partial charge is 0.256 e. The van der Waals surface area contributed by atoms with Crippen molar-refractivity contribution in [1.82, 2.24) is 4.98 Å². The molecular formula is C21H14N2O3. The second-order valence-corrected chi connectivity index (χ2v) is 6.10. The molecule has 0 amide bonds. The maximum Gasteiger partial charge on any atom is 0.256 e. The SMILES string of the molecule is O=c1[nH]c2ccc(N=Cc3ccc4c(c3)OCO4)cc2c2ccccc12. The molecule has 0 radical (unpaired) electrons. The molecule has 3 aromatic carbocycles. The first-order valence-corrected chi connectivity index (χ1v) is 8.26. The van der Waals surface area contributed by atoms with E-state index in [9.17, 15) is 4.79 Å². The molecule has 0 spiro atoms. The highest BCUT2D eigenvalue weighted by Gasteiger charge is 2.12. The Labute approximate surface area is 148 Å². The van der Waals surface area contributed by atoms with Gasteiger partial charge in [0.15, 0.2) is 11.5 Å². The average Bonchev–Trinajstić information content (AvgIpc) is 3.15. The Kier molecular flexibility index (Phi) is 3.25. The number of hydrogen-bond donors (Lipinski definition) is 1. The number of aromatic amines is 1. The predicted octanol–water partition coefficient (Wildman–Crippen LogP) is 4.16. The van der Waals surface area contributed by atoms with E-state index in [0.29, 0.717) is 5.39 Å². The Hall–Kier alpha value is -3.60.